The van der Waals surface area contributed by atoms with Crippen LogP contribution in [-0.4, -0.2) is 4.57 Å². The predicted molar refractivity (Wildman–Crippen MR) is 130 cm³/mol. The van der Waals surface area contributed by atoms with Gasteiger partial charge in [-0.1, -0.05) is 95.8 Å². The van der Waals surface area contributed by atoms with Gasteiger partial charge in [0.2, 0.25) is 0 Å². The summed E-state index contributed by atoms with van der Waals surface area (Å²) in [7, 11) is 0. The van der Waals surface area contributed by atoms with E-state index < -0.39 is 0 Å². The summed E-state index contributed by atoms with van der Waals surface area (Å²) < 4.78 is 2.63. The molecule has 0 unspecified atom stereocenters. The Morgan fingerprint density at radius 2 is 1.69 bits per heavy atom. The third-order valence-electron chi connectivity index (χ3n) is 6.36. The van der Waals surface area contributed by atoms with Crippen LogP contribution in [0.15, 0.2) is 94.2 Å². The maximum atomic E-state index is 13.6. The van der Waals surface area contributed by atoms with E-state index >= 15 is 0 Å². The Hall–Kier alpha value is -3.50. The van der Waals surface area contributed by atoms with E-state index in [1.165, 1.54) is 33.6 Å². The molecule has 1 aromatic heterocycles. The summed E-state index contributed by atoms with van der Waals surface area (Å²) in [5.41, 5.74) is 8.23. The largest absolute Gasteiger partial charge is 0.272 e. The molecule has 0 saturated heterocycles. The van der Waals surface area contributed by atoms with Gasteiger partial charge in [0, 0.05) is 5.56 Å². The van der Waals surface area contributed by atoms with Gasteiger partial charge in [-0.15, -0.1) is 0 Å². The van der Waals surface area contributed by atoms with Crippen LogP contribution in [0.1, 0.15) is 40.3 Å². The fourth-order valence-electron chi connectivity index (χ4n) is 4.77. The van der Waals surface area contributed by atoms with E-state index in [0.29, 0.717) is 0 Å². The zero-order valence-corrected chi connectivity index (χ0v) is 18.6. The molecule has 4 aromatic rings. The Labute approximate surface area is 190 Å². The molecule has 3 nitrogen and oxygen atoms in total. The molecular weight excluding hydrogens is 412 g/mol. The van der Waals surface area contributed by atoms with E-state index in [0.717, 1.165) is 39.0 Å². The average molecular weight is 435 g/mol. The van der Waals surface area contributed by atoms with E-state index in [2.05, 4.69) is 79.7 Å². The molecule has 1 atom stereocenters. The number of hydrogen-bond donors (Lipinski definition) is 0. The third kappa shape index (κ3) is 3.10. The Morgan fingerprint density at radius 3 is 2.50 bits per heavy atom. The molecule has 0 radical (unpaired) electrons. The Morgan fingerprint density at radius 1 is 0.938 bits per heavy atom. The van der Waals surface area contributed by atoms with Crippen molar-refractivity contribution in [1.29, 1.82) is 0 Å². The normalized spacial score (nSPS) is 17.4. The summed E-state index contributed by atoms with van der Waals surface area (Å²) in [6.07, 6.45) is 3.88. The first-order valence-electron chi connectivity index (χ1n) is 10.9. The van der Waals surface area contributed by atoms with Crippen LogP contribution in [0, 0.1) is 6.92 Å². The van der Waals surface area contributed by atoms with E-state index in [1.54, 1.807) is 0 Å². The van der Waals surface area contributed by atoms with Crippen LogP contribution in [0.25, 0.3) is 11.8 Å². The molecular formula is C28H22N2OS. The molecule has 1 aliphatic heterocycles. The van der Waals surface area contributed by atoms with Crippen LogP contribution in [0.5, 0.6) is 0 Å². The van der Waals surface area contributed by atoms with Crippen molar-refractivity contribution >= 4 is 23.1 Å². The van der Waals surface area contributed by atoms with Crippen molar-refractivity contribution in [2.24, 2.45) is 4.99 Å². The van der Waals surface area contributed by atoms with Gasteiger partial charge in [-0.05, 0) is 48.1 Å². The van der Waals surface area contributed by atoms with Crippen LogP contribution in [-0.2, 0) is 6.42 Å². The molecule has 3 aromatic carbocycles. The Bertz CT molecular complexity index is 1540. The lowest BCUT2D eigenvalue weighted by Crippen LogP contribution is -2.38. The first-order chi connectivity index (χ1) is 15.7. The second kappa shape index (κ2) is 7.57. The van der Waals surface area contributed by atoms with E-state index in [4.69, 9.17) is 4.99 Å². The highest BCUT2D eigenvalue weighted by molar-refractivity contribution is 7.07. The van der Waals surface area contributed by atoms with Crippen molar-refractivity contribution < 1.29 is 0 Å². The topological polar surface area (TPSA) is 34.4 Å². The summed E-state index contributed by atoms with van der Waals surface area (Å²) in [6.45, 7) is 2.07. The molecule has 0 spiro atoms. The minimum absolute atomic E-state index is 0.0357. The zero-order chi connectivity index (χ0) is 21.7. The summed E-state index contributed by atoms with van der Waals surface area (Å²) in [5.74, 6) is 0. The number of rotatable bonds is 2. The molecule has 0 bridgehead atoms. The fraction of sp³-hybridized carbons (Fsp3) is 0.143. The smallest absolute Gasteiger partial charge is 0.271 e. The Kier molecular flexibility index (Phi) is 4.54. The number of aromatic nitrogens is 1. The highest BCUT2D eigenvalue weighted by atomic mass is 32.1. The van der Waals surface area contributed by atoms with Gasteiger partial charge in [0.1, 0.15) is 0 Å². The number of allylic oxidation sites excluding steroid dienone is 1. The SMILES string of the molecule is Cc1ccc(/C=c2\sc3n(c2=O)[C@@H](c2ccccc2)C2=C(N=3)c3ccccc3CC2)cc1. The van der Waals surface area contributed by atoms with Crippen LogP contribution in [0.2, 0.25) is 0 Å². The van der Waals surface area contributed by atoms with Crippen LogP contribution in [0.4, 0.5) is 0 Å². The molecule has 2 heterocycles. The molecule has 0 fully saturated rings. The van der Waals surface area contributed by atoms with E-state index in [9.17, 15) is 4.79 Å². The lowest BCUT2D eigenvalue weighted by molar-refractivity contribution is 0.585. The van der Waals surface area contributed by atoms with Crippen molar-refractivity contribution in [3.8, 4) is 0 Å². The summed E-state index contributed by atoms with van der Waals surface area (Å²) >= 11 is 1.48. The van der Waals surface area contributed by atoms with Crippen LogP contribution in [0.3, 0.4) is 0 Å². The fourth-order valence-corrected chi connectivity index (χ4v) is 5.77. The quantitative estimate of drug-likeness (QED) is 0.453. The Balaban J connectivity index is 1.62. The summed E-state index contributed by atoms with van der Waals surface area (Å²) in [6, 6.07) is 27.1. The first-order valence-corrected chi connectivity index (χ1v) is 11.8. The number of benzene rings is 3. The lowest BCUT2D eigenvalue weighted by atomic mass is 9.83. The number of nitrogens with zero attached hydrogens (tertiary/aromatic N) is 2. The van der Waals surface area contributed by atoms with Gasteiger partial charge >= 0.3 is 0 Å². The van der Waals surface area contributed by atoms with Crippen LogP contribution >= 0.6 is 11.3 Å². The molecule has 1 aliphatic carbocycles. The standard InChI is InChI=1S/C28H22N2OS/c1-18-11-13-19(14-12-18)17-24-27(31)30-26(21-8-3-2-4-9-21)23-16-15-20-7-5-6-10-22(20)25(23)29-28(30)32-24/h2-14,17,26H,15-16H2,1H3/b24-17-/t26-/m0/s1. The first kappa shape index (κ1) is 19.2. The lowest BCUT2D eigenvalue weighted by Gasteiger charge is -2.30. The minimum Gasteiger partial charge on any atom is -0.272 e. The van der Waals surface area contributed by atoms with Crippen molar-refractivity contribution in [3.63, 3.8) is 0 Å². The van der Waals surface area contributed by atoms with Crippen LogP contribution < -0.4 is 14.9 Å². The van der Waals surface area contributed by atoms with Crippen molar-refractivity contribution in [1.82, 2.24) is 4.57 Å². The molecule has 6 rings (SSSR count). The molecule has 0 saturated carbocycles. The van der Waals surface area contributed by atoms with Crippen molar-refractivity contribution in [2.45, 2.75) is 25.8 Å². The maximum absolute atomic E-state index is 13.6. The average Bonchev–Trinajstić information content (AvgIpc) is 3.14. The van der Waals surface area contributed by atoms with Crippen molar-refractivity contribution in [2.75, 3.05) is 0 Å². The van der Waals surface area contributed by atoms with Gasteiger partial charge in [0.25, 0.3) is 5.56 Å². The molecule has 156 valence electrons. The maximum Gasteiger partial charge on any atom is 0.271 e. The third-order valence-corrected chi connectivity index (χ3v) is 7.35. The zero-order valence-electron chi connectivity index (χ0n) is 17.8. The summed E-state index contributed by atoms with van der Waals surface area (Å²) in [4.78, 5) is 19.5. The van der Waals surface area contributed by atoms with Gasteiger partial charge in [0.15, 0.2) is 4.80 Å². The van der Waals surface area contributed by atoms with Gasteiger partial charge in [-0.2, -0.15) is 0 Å². The highest BCUT2D eigenvalue weighted by Crippen LogP contribution is 2.41. The molecule has 4 heteroatoms. The molecule has 0 amide bonds. The van der Waals surface area contributed by atoms with E-state index in [1.807, 2.05) is 16.7 Å². The van der Waals surface area contributed by atoms with Crippen molar-refractivity contribution in [3.05, 3.63) is 132 Å². The number of aryl methyl sites for hydroxylation is 2. The predicted octanol–water partition coefficient (Wildman–Crippen LogP) is 4.63. The van der Waals surface area contributed by atoms with Gasteiger partial charge in [-0.3, -0.25) is 9.36 Å². The molecule has 0 N–H and O–H groups in total. The molecule has 32 heavy (non-hydrogen) atoms. The second-order valence-corrected chi connectivity index (χ2v) is 9.44. The van der Waals surface area contributed by atoms with Gasteiger partial charge < -0.3 is 0 Å². The minimum atomic E-state index is -0.115. The highest BCUT2D eigenvalue weighted by Gasteiger charge is 2.32. The van der Waals surface area contributed by atoms with E-state index in [-0.39, 0.29) is 11.6 Å². The summed E-state index contributed by atoms with van der Waals surface area (Å²) in [5, 5.41) is 0. The monoisotopic (exact) mass is 434 g/mol. The second-order valence-electron chi connectivity index (χ2n) is 8.44. The number of hydrogen-bond acceptors (Lipinski definition) is 3. The molecule has 2 aliphatic rings. The van der Waals surface area contributed by atoms with Gasteiger partial charge in [0.05, 0.1) is 16.3 Å². The number of thiazole rings is 1. The number of fused-ring (bicyclic) bond motifs is 3. The van der Waals surface area contributed by atoms with Gasteiger partial charge in [-0.25, -0.2) is 4.99 Å².